The summed E-state index contributed by atoms with van der Waals surface area (Å²) in [6.07, 6.45) is 36.4. The van der Waals surface area contributed by atoms with E-state index in [0.29, 0.717) is 45.7 Å². The maximum absolute atomic E-state index is 6.79. The molecule has 2 aromatic carbocycles. The Morgan fingerprint density at radius 2 is 0.721 bits per heavy atom. The van der Waals surface area contributed by atoms with Gasteiger partial charge in [-0.15, -0.1) is 0 Å². The molecule has 2 unspecified atom stereocenters. The molecular formula is C64H88O4. The van der Waals surface area contributed by atoms with E-state index in [1.54, 1.807) is 16.7 Å². The molecular weight excluding hydrogens is 833 g/mol. The number of epoxide rings is 2. The van der Waals surface area contributed by atoms with Gasteiger partial charge in [0.1, 0.15) is 36.9 Å². The Morgan fingerprint density at radius 3 is 1.07 bits per heavy atom. The summed E-state index contributed by atoms with van der Waals surface area (Å²) in [7, 11) is 0. The smallest absolute Gasteiger partial charge is 0.126 e. The van der Waals surface area contributed by atoms with Crippen molar-refractivity contribution in [2.75, 3.05) is 26.4 Å². The van der Waals surface area contributed by atoms with Crippen LogP contribution in [0, 0.1) is 71.0 Å². The van der Waals surface area contributed by atoms with Crippen molar-refractivity contribution >= 4 is 0 Å². The van der Waals surface area contributed by atoms with Crippen LogP contribution in [-0.4, -0.2) is 38.6 Å². The predicted molar refractivity (Wildman–Crippen MR) is 271 cm³/mol. The van der Waals surface area contributed by atoms with Crippen LogP contribution < -0.4 is 9.47 Å². The van der Waals surface area contributed by atoms with Gasteiger partial charge in [0.15, 0.2) is 0 Å². The van der Waals surface area contributed by atoms with Gasteiger partial charge < -0.3 is 18.9 Å². The van der Waals surface area contributed by atoms with Crippen molar-refractivity contribution < 1.29 is 18.9 Å². The first kappa shape index (κ1) is 43.5. The van der Waals surface area contributed by atoms with Crippen molar-refractivity contribution in [1.29, 1.82) is 0 Å². The Hall–Kier alpha value is -2.04. The molecule has 20 rings (SSSR count). The van der Waals surface area contributed by atoms with E-state index in [9.17, 15) is 0 Å². The third-order valence-electron chi connectivity index (χ3n) is 23.6. The highest BCUT2D eigenvalue weighted by atomic mass is 16.6. The molecule has 18 fully saturated rings. The van der Waals surface area contributed by atoms with Crippen molar-refractivity contribution in [3.63, 3.8) is 0 Å². The molecule has 4 nitrogen and oxygen atoms in total. The van der Waals surface area contributed by atoms with Crippen molar-refractivity contribution in [3.8, 4) is 11.5 Å². The summed E-state index contributed by atoms with van der Waals surface area (Å²) >= 11 is 0. The summed E-state index contributed by atoms with van der Waals surface area (Å²) in [5, 5.41) is 0. The van der Waals surface area contributed by atoms with Gasteiger partial charge in [-0.2, -0.15) is 0 Å². The van der Waals surface area contributed by atoms with Crippen LogP contribution in [-0.2, 0) is 31.1 Å². The molecule has 2 aliphatic heterocycles. The van der Waals surface area contributed by atoms with Crippen molar-refractivity contribution in [2.45, 2.75) is 227 Å². The van der Waals surface area contributed by atoms with Gasteiger partial charge in [0.25, 0.3) is 0 Å². The van der Waals surface area contributed by atoms with E-state index in [4.69, 9.17) is 18.9 Å². The monoisotopic (exact) mass is 921 g/mol. The average molecular weight is 921 g/mol. The minimum absolute atomic E-state index is 0.325. The summed E-state index contributed by atoms with van der Waals surface area (Å²) in [4.78, 5) is 0. The Kier molecular flexibility index (Phi) is 10.1. The van der Waals surface area contributed by atoms with Gasteiger partial charge in [-0.1, -0.05) is 45.9 Å². The van der Waals surface area contributed by atoms with Gasteiger partial charge in [-0.25, -0.2) is 0 Å². The minimum Gasteiger partial charge on any atom is -0.490 e. The first-order chi connectivity index (χ1) is 32.9. The number of ether oxygens (including phenoxy) is 4. The molecule has 0 N–H and O–H groups in total. The second kappa shape index (κ2) is 15.7. The maximum Gasteiger partial charge on any atom is 0.126 e. The molecule has 0 spiro atoms. The molecule has 68 heavy (non-hydrogen) atoms. The van der Waals surface area contributed by atoms with E-state index in [1.165, 1.54) is 177 Å². The lowest BCUT2D eigenvalue weighted by molar-refractivity contribution is -0.0176. The van der Waals surface area contributed by atoms with Crippen LogP contribution >= 0.6 is 0 Å². The Balaban J connectivity index is 0.000000124. The van der Waals surface area contributed by atoms with E-state index in [0.717, 1.165) is 97.4 Å². The van der Waals surface area contributed by atoms with E-state index >= 15 is 0 Å². The normalized spacial score (nSPS) is 47.6. The SMILES string of the molecule is CC(C)c1cc(C23CC4CC(CC(C4)C2)C3)c(C23CC4CC(CC(C4)C2)C3)cc1OCC1CO1.CC(C)c1cc(C23CC4CC(CC(C4)C2)C3)cc(C23CC4CC(CC(C4)C2)C3)c1OCC1CO1. The third-order valence-corrected chi connectivity index (χ3v) is 23.6. The summed E-state index contributed by atoms with van der Waals surface area (Å²) in [6, 6.07) is 10.8. The Bertz CT molecular complexity index is 2150. The van der Waals surface area contributed by atoms with E-state index in [-0.39, 0.29) is 0 Å². The summed E-state index contributed by atoms with van der Waals surface area (Å²) in [5.74, 6) is 15.4. The van der Waals surface area contributed by atoms with Crippen LogP contribution in [0.5, 0.6) is 11.5 Å². The topological polar surface area (TPSA) is 43.5 Å². The fourth-order valence-electron chi connectivity index (χ4n) is 22.5. The first-order valence-corrected chi connectivity index (χ1v) is 29.8. The number of hydrogen-bond acceptors (Lipinski definition) is 4. The zero-order valence-corrected chi connectivity index (χ0v) is 43.0. The van der Waals surface area contributed by atoms with Crippen LogP contribution in [0.3, 0.4) is 0 Å². The fourth-order valence-corrected chi connectivity index (χ4v) is 22.5. The van der Waals surface area contributed by atoms with Crippen LogP contribution in [0.1, 0.15) is 227 Å². The lowest BCUT2D eigenvalue weighted by Crippen LogP contribution is -2.52. The van der Waals surface area contributed by atoms with Gasteiger partial charge in [0, 0.05) is 5.56 Å². The molecule has 368 valence electrons. The van der Waals surface area contributed by atoms with Gasteiger partial charge in [0.2, 0.25) is 0 Å². The van der Waals surface area contributed by atoms with Crippen LogP contribution in [0.25, 0.3) is 0 Å². The molecule has 2 saturated heterocycles. The van der Waals surface area contributed by atoms with Crippen molar-refractivity contribution in [3.05, 3.63) is 57.6 Å². The Labute approximate surface area is 411 Å². The molecule has 0 amide bonds. The van der Waals surface area contributed by atoms with Gasteiger partial charge in [0.05, 0.1) is 13.2 Å². The second-order valence-electron chi connectivity index (χ2n) is 29.5. The summed E-state index contributed by atoms with van der Waals surface area (Å²) in [6.45, 7) is 12.8. The zero-order valence-electron chi connectivity index (χ0n) is 43.0. The highest BCUT2D eigenvalue weighted by Gasteiger charge is 2.58. The molecule has 2 atom stereocenters. The van der Waals surface area contributed by atoms with Crippen molar-refractivity contribution in [2.24, 2.45) is 71.0 Å². The van der Waals surface area contributed by atoms with Crippen LogP contribution in [0.4, 0.5) is 0 Å². The van der Waals surface area contributed by atoms with Crippen molar-refractivity contribution in [1.82, 2.24) is 0 Å². The third kappa shape index (κ3) is 7.33. The highest BCUT2D eigenvalue weighted by Crippen LogP contribution is 2.68. The van der Waals surface area contributed by atoms with Gasteiger partial charge >= 0.3 is 0 Å². The first-order valence-electron chi connectivity index (χ1n) is 29.8. The lowest BCUT2D eigenvalue weighted by atomic mass is 9.44. The largest absolute Gasteiger partial charge is 0.490 e. The van der Waals surface area contributed by atoms with Crippen LogP contribution in [0.2, 0.25) is 0 Å². The Morgan fingerprint density at radius 1 is 0.397 bits per heavy atom. The number of rotatable bonds is 12. The van der Waals surface area contributed by atoms with E-state index < -0.39 is 0 Å². The van der Waals surface area contributed by atoms with E-state index in [1.807, 2.05) is 5.56 Å². The minimum atomic E-state index is 0.325. The van der Waals surface area contributed by atoms with Gasteiger partial charge in [-0.3, -0.25) is 0 Å². The highest BCUT2D eigenvalue weighted by molar-refractivity contribution is 5.54. The number of benzene rings is 2. The molecule has 16 bridgehead atoms. The fraction of sp³-hybridized carbons (Fsp3) is 0.812. The second-order valence-corrected chi connectivity index (χ2v) is 29.5. The molecule has 18 aliphatic rings. The molecule has 0 radical (unpaired) electrons. The molecule has 16 aliphatic carbocycles. The summed E-state index contributed by atoms with van der Waals surface area (Å²) < 4.78 is 24.5. The quantitative estimate of drug-likeness (QED) is 0.199. The number of hydrogen-bond donors (Lipinski definition) is 0. The lowest BCUT2D eigenvalue weighted by Gasteiger charge is -2.61. The van der Waals surface area contributed by atoms with Crippen LogP contribution in [0.15, 0.2) is 24.3 Å². The summed E-state index contributed by atoms with van der Waals surface area (Å²) in [5.41, 5.74) is 11.7. The molecule has 16 saturated carbocycles. The molecule has 0 aromatic heterocycles. The molecule has 2 aromatic rings. The average Bonchev–Trinajstić information content (AvgIpc) is 4.23. The molecule has 4 heteroatoms. The van der Waals surface area contributed by atoms with E-state index in [2.05, 4.69) is 52.0 Å². The molecule has 2 heterocycles. The maximum atomic E-state index is 6.79. The standard InChI is InChI=1S/2C32H44O2/c1-19(2)27-9-28(31-11-20-3-21(12-31)5-22(4-20)13-31)29(10-30(27)34-18-26-17-33-26)32-14-23-6-24(15-32)8-25(7-23)16-32;1-19(2)28-9-26(31-11-20-3-21(12-31)5-22(4-20)13-31)10-29(30(28)34-18-27-17-33-27)32-14-23-6-24(15-32)8-25(7-23)16-32/h9-10,19-26H,3-8,11-18H2,1-2H3;9-10,19-25,27H,3-8,11-18H2,1-2H3. The van der Waals surface area contributed by atoms with Gasteiger partial charge in [-0.05, 0) is 292 Å². The predicted octanol–water partition coefficient (Wildman–Crippen LogP) is 15.0. The zero-order chi connectivity index (χ0) is 45.3.